The van der Waals surface area contributed by atoms with Crippen LogP contribution in [0.15, 0.2) is 48.5 Å². The van der Waals surface area contributed by atoms with Gasteiger partial charge in [0.15, 0.2) is 5.82 Å². The van der Waals surface area contributed by atoms with Gasteiger partial charge < -0.3 is 9.88 Å². The Morgan fingerprint density at radius 3 is 2.50 bits per heavy atom. The van der Waals surface area contributed by atoms with E-state index >= 15 is 0 Å². The first-order valence-corrected chi connectivity index (χ1v) is 8.92. The van der Waals surface area contributed by atoms with Gasteiger partial charge in [-0.2, -0.15) is 0 Å². The maximum atomic E-state index is 11.8. The predicted octanol–water partition coefficient (Wildman–Crippen LogP) is 3.58. The summed E-state index contributed by atoms with van der Waals surface area (Å²) >= 11 is 6.43. The van der Waals surface area contributed by atoms with Crippen molar-refractivity contribution >= 4 is 17.5 Å². The van der Waals surface area contributed by atoms with Crippen molar-refractivity contribution in [2.75, 3.05) is 7.05 Å². The summed E-state index contributed by atoms with van der Waals surface area (Å²) in [6, 6.07) is 15.7. The molecule has 0 unspecified atom stereocenters. The molecule has 4 rings (SSSR count). The minimum Gasteiger partial charge on any atom is -0.355 e. The smallest absolute Gasteiger partial charge is 0.251 e. The first-order valence-electron chi connectivity index (χ1n) is 8.54. The Morgan fingerprint density at radius 2 is 1.88 bits per heavy atom. The van der Waals surface area contributed by atoms with Crippen LogP contribution >= 0.6 is 11.6 Å². The molecule has 26 heavy (non-hydrogen) atoms. The molecule has 1 saturated carbocycles. The third kappa shape index (κ3) is 2.59. The van der Waals surface area contributed by atoms with E-state index in [0.717, 1.165) is 24.2 Å². The summed E-state index contributed by atoms with van der Waals surface area (Å²) in [6.45, 7) is 0. The molecule has 1 aliphatic carbocycles. The van der Waals surface area contributed by atoms with Crippen molar-refractivity contribution in [3.8, 4) is 11.4 Å². The second-order valence-electron chi connectivity index (χ2n) is 6.63. The largest absolute Gasteiger partial charge is 0.355 e. The number of carbonyl (C=O) groups is 1. The molecule has 1 aliphatic rings. The maximum absolute atomic E-state index is 11.8. The van der Waals surface area contributed by atoms with Crippen molar-refractivity contribution in [2.45, 2.75) is 18.3 Å². The molecule has 1 N–H and O–H groups in total. The Labute approximate surface area is 157 Å². The summed E-state index contributed by atoms with van der Waals surface area (Å²) in [5, 5.41) is 12.0. The van der Waals surface area contributed by atoms with Crippen LogP contribution in [0.4, 0.5) is 0 Å². The van der Waals surface area contributed by atoms with Gasteiger partial charge in [-0.1, -0.05) is 41.9 Å². The maximum Gasteiger partial charge on any atom is 0.251 e. The van der Waals surface area contributed by atoms with E-state index in [9.17, 15) is 4.79 Å². The molecule has 3 aromatic rings. The Bertz CT molecular complexity index is 977. The zero-order valence-electron chi connectivity index (χ0n) is 14.7. The Balaban J connectivity index is 1.74. The van der Waals surface area contributed by atoms with Gasteiger partial charge in [-0.15, -0.1) is 10.2 Å². The molecule has 0 atom stereocenters. The molecule has 0 bridgehead atoms. The lowest BCUT2D eigenvalue weighted by Gasteiger charge is -2.15. The summed E-state index contributed by atoms with van der Waals surface area (Å²) in [5.74, 6) is 1.49. The van der Waals surface area contributed by atoms with Gasteiger partial charge in [-0.25, -0.2) is 0 Å². The SMILES string of the molecule is CNC(=O)c1ccc(-c2nnc(C3(c4ccccc4)CC3)n2C)c(Cl)c1. The molecular weight excluding hydrogens is 348 g/mol. The molecule has 0 saturated heterocycles. The first-order chi connectivity index (χ1) is 12.6. The Morgan fingerprint density at radius 1 is 1.15 bits per heavy atom. The number of rotatable bonds is 4. The lowest BCUT2D eigenvalue weighted by molar-refractivity contribution is 0.0963. The van der Waals surface area contributed by atoms with Gasteiger partial charge in [0.2, 0.25) is 0 Å². The van der Waals surface area contributed by atoms with Gasteiger partial charge in [0.05, 0.1) is 10.4 Å². The van der Waals surface area contributed by atoms with Crippen LogP contribution in [0.3, 0.4) is 0 Å². The van der Waals surface area contributed by atoms with Crippen LogP contribution < -0.4 is 5.32 Å². The van der Waals surface area contributed by atoms with Crippen LogP contribution in [-0.2, 0) is 12.5 Å². The number of hydrogen-bond acceptors (Lipinski definition) is 3. The fourth-order valence-corrected chi connectivity index (χ4v) is 3.75. The third-order valence-electron chi connectivity index (χ3n) is 5.08. The lowest BCUT2D eigenvalue weighted by Crippen LogP contribution is -2.17. The summed E-state index contributed by atoms with van der Waals surface area (Å²) in [7, 11) is 3.56. The number of nitrogens with zero attached hydrogens (tertiary/aromatic N) is 3. The second-order valence-corrected chi connectivity index (χ2v) is 7.04. The van der Waals surface area contributed by atoms with Gasteiger partial charge in [0.25, 0.3) is 5.91 Å². The lowest BCUT2D eigenvalue weighted by atomic mass is 9.95. The van der Waals surface area contributed by atoms with Crippen molar-refractivity contribution in [1.82, 2.24) is 20.1 Å². The fourth-order valence-electron chi connectivity index (χ4n) is 3.49. The van der Waals surface area contributed by atoms with Crippen molar-refractivity contribution in [3.05, 3.63) is 70.5 Å². The Hall–Kier alpha value is -2.66. The van der Waals surface area contributed by atoms with Crippen molar-refractivity contribution in [3.63, 3.8) is 0 Å². The van der Waals surface area contributed by atoms with Crippen LogP contribution in [-0.4, -0.2) is 27.7 Å². The van der Waals surface area contributed by atoms with Crippen LogP contribution in [0.2, 0.25) is 5.02 Å². The number of amides is 1. The van der Waals surface area contributed by atoms with Gasteiger partial charge in [-0.3, -0.25) is 4.79 Å². The first kappa shape index (κ1) is 16.8. The molecule has 0 aliphatic heterocycles. The molecule has 132 valence electrons. The zero-order chi connectivity index (χ0) is 18.3. The van der Waals surface area contributed by atoms with Crippen LogP contribution in [0.1, 0.15) is 34.6 Å². The molecule has 2 aromatic carbocycles. The van der Waals surface area contributed by atoms with E-state index in [1.54, 1.807) is 19.2 Å². The minimum absolute atomic E-state index is 0.0597. The van der Waals surface area contributed by atoms with E-state index in [4.69, 9.17) is 11.6 Å². The monoisotopic (exact) mass is 366 g/mol. The molecule has 1 fully saturated rings. The fraction of sp³-hybridized carbons (Fsp3) is 0.250. The van der Waals surface area contributed by atoms with Crippen molar-refractivity contribution < 1.29 is 4.79 Å². The molecule has 0 radical (unpaired) electrons. The third-order valence-corrected chi connectivity index (χ3v) is 5.39. The number of halogens is 1. The molecule has 5 nitrogen and oxygen atoms in total. The van der Waals surface area contributed by atoms with Crippen LogP contribution in [0.25, 0.3) is 11.4 Å². The minimum atomic E-state index is -0.168. The van der Waals surface area contributed by atoms with Gasteiger partial charge in [0.1, 0.15) is 5.82 Å². The normalized spacial score (nSPS) is 14.9. The molecule has 1 aromatic heterocycles. The van der Waals surface area contributed by atoms with Gasteiger partial charge in [-0.05, 0) is 36.6 Å². The quantitative estimate of drug-likeness (QED) is 0.767. The number of hydrogen-bond donors (Lipinski definition) is 1. The molecular formula is C20H19ClN4O. The van der Waals surface area contributed by atoms with E-state index in [1.807, 2.05) is 23.7 Å². The zero-order valence-corrected chi connectivity index (χ0v) is 15.4. The summed E-state index contributed by atoms with van der Waals surface area (Å²) in [4.78, 5) is 11.8. The highest BCUT2D eigenvalue weighted by molar-refractivity contribution is 6.33. The van der Waals surface area contributed by atoms with E-state index in [2.05, 4.69) is 39.8 Å². The number of nitrogens with one attached hydrogen (secondary N) is 1. The number of aromatic nitrogens is 3. The molecule has 1 heterocycles. The second kappa shape index (κ2) is 6.25. The number of carbonyl (C=O) groups excluding carboxylic acids is 1. The molecule has 6 heteroatoms. The Kier molecular flexibility index (Phi) is 4.04. The van der Waals surface area contributed by atoms with Crippen LogP contribution in [0, 0.1) is 0 Å². The number of benzene rings is 2. The average Bonchev–Trinajstić information content (AvgIpc) is 3.39. The summed E-state index contributed by atoms with van der Waals surface area (Å²) in [5.41, 5.74) is 2.50. The van der Waals surface area contributed by atoms with Gasteiger partial charge in [0, 0.05) is 25.2 Å². The van der Waals surface area contributed by atoms with E-state index in [0.29, 0.717) is 16.4 Å². The highest BCUT2D eigenvalue weighted by atomic mass is 35.5. The summed E-state index contributed by atoms with van der Waals surface area (Å²) in [6.07, 6.45) is 2.12. The van der Waals surface area contributed by atoms with E-state index in [-0.39, 0.29) is 11.3 Å². The predicted molar refractivity (Wildman–Crippen MR) is 101 cm³/mol. The highest BCUT2D eigenvalue weighted by Gasteiger charge is 2.49. The molecule has 1 amide bonds. The highest BCUT2D eigenvalue weighted by Crippen LogP contribution is 2.53. The van der Waals surface area contributed by atoms with E-state index < -0.39 is 0 Å². The van der Waals surface area contributed by atoms with Gasteiger partial charge >= 0.3 is 0 Å². The topological polar surface area (TPSA) is 59.8 Å². The standard InChI is InChI=1S/C20H19ClN4O/c1-22-18(26)13-8-9-15(16(21)12-13)17-23-24-19(25(17)2)20(10-11-20)14-6-4-3-5-7-14/h3-9,12H,10-11H2,1-2H3,(H,22,26). The van der Waals surface area contributed by atoms with Crippen LogP contribution in [0.5, 0.6) is 0 Å². The molecule has 0 spiro atoms. The van der Waals surface area contributed by atoms with Crippen molar-refractivity contribution in [2.24, 2.45) is 7.05 Å². The summed E-state index contributed by atoms with van der Waals surface area (Å²) < 4.78 is 2.01. The van der Waals surface area contributed by atoms with Crippen molar-refractivity contribution in [1.29, 1.82) is 0 Å². The van der Waals surface area contributed by atoms with E-state index in [1.165, 1.54) is 5.56 Å². The average molecular weight is 367 g/mol.